The van der Waals surface area contributed by atoms with Crippen molar-refractivity contribution < 1.29 is 21.6 Å². The van der Waals surface area contributed by atoms with E-state index in [-0.39, 0.29) is 36.0 Å². The van der Waals surface area contributed by atoms with Crippen LogP contribution in [0.15, 0.2) is 94.7 Å². The quantitative estimate of drug-likeness (QED) is 0.503. The lowest BCUT2D eigenvalue weighted by Crippen LogP contribution is -2.61. The molecule has 0 aliphatic carbocycles. The second kappa shape index (κ2) is 10.5. The number of halogens is 1. The van der Waals surface area contributed by atoms with E-state index < -0.39 is 32.0 Å². The zero-order valence-corrected chi connectivity index (χ0v) is 21.0. The first-order chi connectivity index (χ1) is 16.7. The summed E-state index contributed by atoms with van der Waals surface area (Å²) in [6, 6.07) is 21.3. The zero-order chi connectivity index (χ0) is 25.1. The van der Waals surface area contributed by atoms with Crippen LogP contribution in [0, 0.1) is 0 Å². The lowest BCUT2D eigenvalue weighted by molar-refractivity contribution is -0.126. The Bertz CT molecular complexity index is 1400. The van der Waals surface area contributed by atoms with Crippen molar-refractivity contribution in [3.8, 4) is 0 Å². The predicted octanol–water partition coefficient (Wildman–Crippen LogP) is 2.72. The maximum atomic E-state index is 13.4. The molecular weight excluding hydrogens is 510 g/mol. The van der Waals surface area contributed by atoms with Gasteiger partial charge in [0.25, 0.3) is 0 Å². The molecule has 1 saturated heterocycles. The first-order valence-electron chi connectivity index (χ1n) is 10.8. The van der Waals surface area contributed by atoms with Crippen molar-refractivity contribution in [3.05, 3.63) is 95.5 Å². The molecule has 0 saturated carbocycles. The van der Waals surface area contributed by atoms with Gasteiger partial charge in [0.05, 0.1) is 9.79 Å². The molecule has 1 aliphatic rings. The molecule has 1 heterocycles. The molecule has 1 fully saturated rings. The summed E-state index contributed by atoms with van der Waals surface area (Å²) in [5.41, 5.74) is 0.657. The third kappa shape index (κ3) is 5.41. The monoisotopic (exact) mass is 533 g/mol. The minimum atomic E-state index is -4.06. The van der Waals surface area contributed by atoms with Gasteiger partial charge in [-0.25, -0.2) is 16.8 Å². The van der Waals surface area contributed by atoms with Crippen molar-refractivity contribution in [1.29, 1.82) is 0 Å². The lowest BCUT2D eigenvalue weighted by atomic mass is 10.2. The maximum absolute atomic E-state index is 13.4. The fraction of sp³-hybridized carbons (Fsp3) is 0.208. The van der Waals surface area contributed by atoms with E-state index >= 15 is 0 Å². The van der Waals surface area contributed by atoms with E-state index in [0.717, 1.165) is 8.61 Å². The molecule has 8 nitrogen and oxygen atoms in total. The van der Waals surface area contributed by atoms with Gasteiger partial charge in [0.15, 0.2) is 0 Å². The number of rotatable bonds is 7. The highest BCUT2D eigenvalue weighted by atomic mass is 35.5. The van der Waals surface area contributed by atoms with Crippen LogP contribution < -0.4 is 5.32 Å². The fourth-order valence-corrected chi connectivity index (χ4v) is 7.12. The molecule has 1 unspecified atom stereocenters. The number of sulfonamides is 2. The number of benzene rings is 3. The van der Waals surface area contributed by atoms with Gasteiger partial charge < -0.3 is 5.32 Å². The standard InChI is InChI=1S/C24H24ClN3O5S2/c25-22-14-8-7-9-19(22)17-26-24(29)23-18-27(34(30,31)20-10-3-1-4-11-20)15-16-28(23)35(32,33)21-12-5-2-6-13-21/h1-14,23H,15-18H2,(H,26,29). The summed E-state index contributed by atoms with van der Waals surface area (Å²) in [6.07, 6.45) is 0. The van der Waals surface area contributed by atoms with Crippen molar-refractivity contribution in [1.82, 2.24) is 13.9 Å². The first-order valence-corrected chi connectivity index (χ1v) is 14.1. The molecular formula is C24H24ClN3O5S2. The second-order valence-electron chi connectivity index (χ2n) is 7.93. The van der Waals surface area contributed by atoms with Gasteiger partial charge in [0.2, 0.25) is 26.0 Å². The molecule has 0 aromatic heterocycles. The van der Waals surface area contributed by atoms with E-state index in [4.69, 9.17) is 11.6 Å². The highest BCUT2D eigenvalue weighted by Crippen LogP contribution is 2.25. The van der Waals surface area contributed by atoms with Crippen LogP contribution in [-0.4, -0.2) is 57.0 Å². The normalized spacial score (nSPS) is 17.7. The summed E-state index contributed by atoms with van der Waals surface area (Å²) >= 11 is 6.18. The lowest BCUT2D eigenvalue weighted by Gasteiger charge is -2.39. The van der Waals surface area contributed by atoms with E-state index in [1.807, 2.05) is 0 Å². The molecule has 3 aromatic carbocycles. The SMILES string of the molecule is O=C(NCc1ccccc1Cl)C1CN(S(=O)(=O)c2ccccc2)CCN1S(=O)(=O)c1ccccc1. The van der Waals surface area contributed by atoms with Crippen molar-refractivity contribution in [2.45, 2.75) is 22.4 Å². The Kier molecular flexibility index (Phi) is 7.58. The molecule has 0 bridgehead atoms. The van der Waals surface area contributed by atoms with Crippen LogP contribution in [-0.2, 0) is 31.4 Å². The Morgan fingerprint density at radius 2 is 1.34 bits per heavy atom. The number of piperazine rings is 1. The second-order valence-corrected chi connectivity index (χ2v) is 12.2. The van der Waals surface area contributed by atoms with Crippen molar-refractivity contribution in [3.63, 3.8) is 0 Å². The average molecular weight is 534 g/mol. The summed E-state index contributed by atoms with van der Waals surface area (Å²) in [5, 5.41) is 3.18. The number of hydrogen-bond donors (Lipinski definition) is 1. The first kappa shape index (κ1) is 25.3. The predicted molar refractivity (Wildman–Crippen MR) is 133 cm³/mol. The molecule has 11 heteroatoms. The van der Waals surface area contributed by atoms with Crippen LogP contribution in [0.1, 0.15) is 5.56 Å². The molecule has 0 spiro atoms. The zero-order valence-electron chi connectivity index (χ0n) is 18.6. The third-order valence-electron chi connectivity index (χ3n) is 5.74. The molecule has 1 amide bonds. The minimum Gasteiger partial charge on any atom is -0.351 e. The molecule has 184 valence electrons. The summed E-state index contributed by atoms with van der Waals surface area (Å²) in [6.45, 7) is -0.512. The van der Waals surface area contributed by atoms with Gasteiger partial charge in [-0.3, -0.25) is 4.79 Å². The van der Waals surface area contributed by atoms with Gasteiger partial charge in [-0.15, -0.1) is 0 Å². The molecule has 1 aliphatic heterocycles. The summed E-state index contributed by atoms with van der Waals surface area (Å²) in [5.74, 6) is -0.614. The number of hydrogen-bond acceptors (Lipinski definition) is 5. The highest BCUT2D eigenvalue weighted by Gasteiger charge is 2.43. The van der Waals surface area contributed by atoms with Crippen LogP contribution in [0.2, 0.25) is 5.02 Å². The van der Waals surface area contributed by atoms with Gasteiger partial charge in [0.1, 0.15) is 6.04 Å². The Hall–Kier alpha value is -2.76. The Morgan fingerprint density at radius 1 is 0.800 bits per heavy atom. The van der Waals surface area contributed by atoms with Gasteiger partial charge >= 0.3 is 0 Å². The molecule has 1 atom stereocenters. The van der Waals surface area contributed by atoms with Gasteiger partial charge in [-0.1, -0.05) is 66.2 Å². The highest BCUT2D eigenvalue weighted by molar-refractivity contribution is 7.89. The number of carbonyl (C=O) groups is 1. The van der Waals surface area contributed by atoms with Crippen LogP contribution in [0.25, 0.3) is 0 Å². The minimum absolute atomic E-state index is 0.0308. The number of carbonyl (C=O) groups excluding carboxylic acids is 1. The molecule has 1 N–H and O–H groups in total. The smallest absolute Gasteiger partial charge is 0.243 e. The molecule has 4 rings (SSSR count). The topological polar surface area (TPSA) is 104 Å². The Labute approximate surface area is 210 Å². The number of nitrogens with zero attached hydrogens (tertiary/aromatic N) is 2. The fourth-order valence-electron chi connectivity index (χ4n) is 3.87. The van der Waals surface area contributed by atoms with Gasteiger partial charge in [-0.2, -0.15) is 8.61 Å². The molecule has 0 radical (unpaired) electrons. The van der Waals surface area contributed by atoms with Crippen LogP contribution in [0.3, 0.4) is 0 Å². The summed E-state index contributed by atoms with van der Waals surface area (Å²) in [7, 11) is -7.98. The number of amides is 1. The van der Waals surface area contributed by atoms with E-state index in [1.165, 1.54) is 24.3 Å². The van der Waals surface area contributed by atoms with Crippen molar-refractivity contribution >= 4 is 37.6 Å². The average Bonchev–Trinajstić information content (AvgIpc) is 2.88. The van der Waals surface area contributed by atoms with E-state index in [9.17, 15) is 21.6 Å². The van der Waals surface area contributed by atoms with E-state index in [2.05, 4.69) is 5.32 Å². The van der Waals surface area contributed by atoms with Crippen LogP contribution in [0.5, 0.6) is 0 Å². The molecule has 35 heavy (non-hydrogen) atoms. The third-order valence-corrected chi connectivity index (χ3v) is 9.91. The van der Waals surface area contributed by atoms with Crippen LogP contribution in [0.4, 0.5) is 0 Å². The van der Waals surface area contributed by atoms with E-state index in [0.29, 0.717) is 10.6 Å². The summed E-state index contributed by atoms with van der Waals surface area (Å²) in [4.78, 5) is 13.4. The van der Waals surface area contributed by atoms with Gasteiger partial charge in [-0.05, 0) is 35.9 Å². The van der Waals surface area contributed by atoms with Crippen molar-refractivity contribution in [2.24, 2.45) is 0 Å². The molecule has 3 aromatic rings. The van der Waals surface area contributed by atoms with E-state index in [1.54, 1.807) is 60.7 Å². The van der Waals surface area contributed by atoms with Gasteiger partial charge in [0, 0.05) is 31.2 Å². The number of nitrogens with one attached hydrogen (secondary N) is 1. The maximum Gasteiger partial charge on any atom is 0.243 e. The Balaban J connectivity index is 1.64. The largest absolute Gasteiger partial charge is 0.351 e. The van der Waals surface area contributed by atoms with Crippen LogP contribution >= 0.6 is 11.6 Å². The summed E-state index contributed by atoms with van der Waals surface area (Å²) < 4.78 is 55.5. The Morgan fingerprint density at radius 3 is 1.94 bits per heavy atom. The van der Waals surface area contributed by atoms with Crippen molar-refractivity contribution in [2.75, 3.05) is 19.6 Å².